The molecule has 12 N–H and O–H groups in total. The van der Waals surface area contributed by atoms with Crippen LogP contribution in [-0.2, 0) is 50.7 Å². The van der Waals surface area contributed by atoms with Crippen molar-refractivity contribution in [3.63, 3.8) is 0 Å². The molecule has 1 saturated heterocycles. The number of phosphoric ester groups is 3. The predicted molar refractivity (Wildman–Crippen MR) is 189 cm³/mol. The van der Waals surface area contributed by atoms with Crippen molar-refractivity contribution in [1.29, 1.82) is 0 Å². The Kier molecular flexibility index (Phi) is 17.1. The molecule has 2 amide bonds. The van der Waals surface area contributed by atoms with Crippen molar-refractivity contribution in [2.45, 2.75) is 63.9 Å². The molecule has 30 heteroatoms. The summed E-state index contributed by atoms with van der Waals surface area (Å²) >= 11 is 0.851. The number of carbonyl (C=O) groups is 3. The van der Waals surface area contributed by atoms with Crippen molar-refractivity contribution in [2.24, 2.45) is 11.3 Å². The van der Waals surface area contributed by atoms with Crippen LogP contribution in [0.4, 0.5) is 5.82 Å². The van der Waals surface area contributed by atoms with Crippen LogP contribution in [0.3, 0.4) is 0 Å². The molecule has 1 aliphatic rings. The molecule has 0 bridgehead atoms. The minimum atomic E-state index is -5.59. The minimum absolute atomic E-state index is 0.0208. The SMILES string of the molecule is CC(C(=O)SCCNC(=O)CCNC(=O)[C@H](O)C(C)(C)COP(=O)(O)OP(=O)(O)OC[C@H]1O[C@@H](n2cnc3c(N)ncnc32)[C@H](O)[C@@H]1OP(=O)(O)O)C(O)CO. The van der Waals surface area contributed by atoms with Gasteiger partial charge in [-0.3, -0.25) is 32.5 Å². The van der Waals surface area contributed by atoms with Gasteiger partial charge in [-0.05, 0) is 0 Å². The summed E-state index contributed by atoms with van der Waals surface area (Å²) in [7, 11) is -16.4. The summed E-state index contributed by atoms with van der Waals surface area (Å²) in [5.74, 6) is -2.21. The Morgan fingerprint density at radius 1 is 1.05 bits per heavy atom. The summed E-state index contributed by atoms with van der Waals surface area (Å²) < 4.78 is 62.0. The fourth-order valence-corrected chi connectivity index (χ4v) is 8.38. The van der Waals surface area contributed by atoms with Gasteiger partial charge in [0.25, 0.3) is 0 Å². The van der Waals surface area contributed by atoms with E-state index in [1.807, 2.05) is 0 Å². The van der Waals surface area contributed by atoms with Crippen LogP contribution in [0.2, 0.25) is 0 Å². The molecule has 9 atom stereocenters. The number of hydrogen-bond acceptors (Lipinski definition) is 20. The second kappa shape index (κ2) is 20.0. The zero-order chi connectivity index (χ0) is 42.2. The molecular weight excluding hydrogens is 839 g/mol. The van der Waals surface area contributed by atoms with Crippen LogP contribution in [0, 0.1) is 11.3 Å². The van der Waals surface area contributed by atoms with Crippen LogP contribution in [-0.4, -0.2) is 146 Å². The van der Waals surface area contributed by atoms with E-state index in [1.165, 1.54) is 20.8 Å². The Morgan fingerprint density at radius 2 is 1.71 bits per heavy atom. The highest BCUT2D eigenvalue weighted by Crippen LogP contribution is 2.61. The molecule has 2 aromatic heterocycles. The Hall–Kier alpha value is -2.52. The van der Waals surface area contributed by atoms with Crippen molar-refractivity contribution < 1.29 is 90.7 Å². The normalized spacial score (nSPS) is 22.8. The highest BCUT2D eigenvalue weighted by molar-refractivity contribution is 8.13. The number of carbonyl (C=O) groups excluding carboxylic acids is 3. The Bertz CT molecular complexity index is 1830. The standard InChI is InChI=1S/C26H44N7O19P3S/c1-13(14(35)8-34)25(40)56-7-6-28-16(36)4-5-29-23(39)20(38)26(2,3)10-49-55(46,47)52-54(44,45)48-9-15-19(51-53(41,42)43)18(37)24(50-15)33-12-32-17-21(27)30-11-31-22(17)33/h11-15,18-20,24,34-35,37-38H,4-10H2,1-3H3,(H,28,36)(H,29,39)(H,44,45)(H,46,47)(H2,27,30,31)(H2,41,42,43)/t13?,14?,15-,18-,19-,20+,24-/m1/s1. The van der Waals surface area contributed by atoms with Gasteiger partial charge in [0.2, 0.25) is 11.8 Å². The van der Waals surface area contributed by atoms with E-state index >= 15 is 0 Å². The molecule has 0 saturated carbocycles. The smallest absolute Gasteiger partial charge is 0.394 e. The third kappa shape index (κ3) is 13.8. The molecule has 56 heavy (non-hydrogen) atoms. The van der Waals surface area contributed by atoms with E-state index in [-0.39, 0.29) is 47.4 Å². The van der Waals surface area contributed by atoms with Crippen molar-refractivity contribution >= 4 is 69.1 Å². The van der Waals surface area contributed by atoms with Crippen LogP contribution in [0.15, 0.2) is 12.7 Å². The lowest BCUT2D eigenvalue weighted by Crippen LogP contribution is -2.46. The molecule has 2 aromatic rings. The number of rotatable bonds is 22. The molecule has 1 aliphatic heterocycles. The molecule has 0 aromatic carbocycles. The molecule has 3 rings (SSSR count). The third-order valence-electron chi connectivity index (χ3n) is 7.88. The van der Waals surface area contributed by atoms with Crippen LogP contribution in [0.25, 0.3) is 11.2 Å². The van der Waals surface area contributed by atoms with E-state index in [9.17, 15) is 63.0 Å². The van der Waals surface area contributed by atoms with Gasteiger partial charge < -0.3 is 61.1 Å². The molecule has 4 unspecified atom stereocenters. The molecule has 318 valence electrons. The van der Waals surface area contributed by atoms with E-state index < -0.39 is 103 Å². The average molecular weight is 884 g/mol. The zero-order valence-corrected chi connectivity index (χ0v) is 33.3. The number of nitrogen functional groups attached to an aromatic ring is 1. The van der Waals surface area contributed by atoms with Crippen molar-refractivity contribution in [3.8, 4) is 0 Å². The third-order valence-corrected chi connectivity index (χ3v) is 12.0. The summed E-state index contributed by atoms with van der Waals surface area (Å²) in [6, 6.07) is 0. The molecule has 1 fully saturated rings. The Balaban J connectivity index is 1.49. The number of anilines is 1. The molecule has 0 aliphatic carbocycles. The topological polar surface area (TPSA) is 404 Å². The van der Waals surface area contributed by atoms with E-state index in [4.69, 9.17) is 24.6 Å². The number of nitrogens with zero attached hydrogens (tertiary/aromatic N) is 4. The van der Waals surface area contributed by atoms with Crippen molar-refractivity contribution in [2.75, 3.05) is 44.4 Å². The first kappa shape index (κ1) is 47.9. The number of aromatic nitrogens is 4. The average Bonchev–Trinajstić information content (AvgIpc) is 3.67. The predicted octanol–water partition coefficient (Wildman–Crippen LogP) is -2.35. The summed E-state index contributed by atoms with van der Waals surface area (Å²) in [5.41, 5.74) is 4.20. The number of amides is 2. The maximum atomic E-state index is 12.7. The fraction of sp³-hybridized carbons (Fsp3) is 0.692. The van der Waals surface area contributed by atoms with Gasteiger partial charge in [-0.25, -0.2) is 28.6 Å². The summed E-state index contributed by atoms with van der Waals surface area (Å²) in [6.45, 7) is 1.09. The second-order valence-electron chi connectivity index (χ2n) is 12.8. The first-order valence-corrected chi connectivity index (χ1v) is 21.7. The van der Waals surface area contributed by atoms with E-state index in [0.29, 0.717) is 0 Å². The Labute approximate surface area is 321 Å². The number of aliphatic hydroxyl groups excluding tert-OH is 4. The molecule has 0 spiro atoms. The largest absolute Gasteiger partial charge is 0.481 e. The number of ether oxygens (including phenoxy) is 1. The number of fused-ring (bicyclic) bond motifs is 1. The number of aliphatic hydroxyl groups is 4. The first-order valence-electron chi connectivity index (χ1n) is 16.2. The molecule has 0 radical (unpaired) electrons. The van der Waals surface area contributed by atoms with E-state index in [2.05, 4.69) is 34.4 Å². The van der Waals surface area contributed by atoms with Gasteiger partial charge in [-0.1, -0.05) is 32.5 Å². The summed E-state index contributed by atoms with van der Waals surface area (Å²) in [4.78, 5) is 87.4. The van der Waals surface area contributed by atoms with Gasteiger partial charge in [0, 0.05) is 30.7 Å². The summed E-state index contributed by atoms with van der Waals surface area (Å²) in [6.07, 6.45) is -8.28. The van der Waals surface area contributed by atoms with Crippen LogP contribution in [0.1, 0.15) is 33.4 Å². The number of nitrogens with two attached hydrogens (primary N) is 1. The van der Waals surface area contributed by atoms with Gasteiger partial charge in [0.15, 0.2) is 22.8 Å². The molecule has 3 heterocycles. The quantitative estimate of drug-likeness (QED) is 0.0436. The van der Waals surface area contributed by atoms with E-state index in [1.54, 1.807) is 0 Å². The lowest BCUT2D eigenvalue weighted by atomic mass is 9.87. The number of imidazole rings is 1. The van der Waals surface area contributed by atoms with Crippen LogP contribution in [0.5, 0.6) is 0 Å². The number of nitrogens with one attached hydrogen (secondary N) is 2. The van der Waals surface area contributed by atoms with Crippen LogP contribution < -0.4 is 16.4 Å². The highest BCUT2D eigenvalue weighted by atomic mass is 32.2. The van der Waals surface area contributed by atoms with Gasteiger partial charge >= 0.3 is 23.5 Å². The first-order chi connectivity index (χ1) is 25.9. The summed E-state index contributed by atoms with van der Waals surface area (Å²) in [5, 5.41) is 44.3. The lowest BCUT2D eigenvalue weighted by molar-refractivity contribution is -0.137. The zero-order valence-electron chi connectivity index (χ0n) is 29.8. The van der Waals surface area contributed by atoms with Gasteiger partial charge in [0.1, 0.15) is 36.3 Å². The second-order valence-corrected chi connectivity index (χ2v) is 18.1. The minimum Gasteiger partial charge on any atom is -0.394 e. The van der Waals surface area contributed by atoms with Gasteiger partial charge in [-0.2, -0.15) is 4.31 Å². The molecule has 26 nitrogen and oxygen atoms in total. The monoisotopic (exact) mass is 883 g/mol. The number of hydrogen-bond donors (Lipinski definition) is 11. The fourth-order valence-electron chi connectivity index (χ4n) is 4.73. The maximum absolute atomic E-state index is 12.7. The maximum Gasteiger partial charge on any atom is 0.481 e. The highest BCUT2D eigenvalue weighted by Gasteiger charge is 2.50. The Morgan fingerprint density at radius 3 is 2.36 bits per heavy atom. The number of thioether (sulfide) groups is 1. The lowest BCUT2D eigenvalue weighted by Gasteiger charge is -2.30. The number of phosphoric acid groups is 3. The van der Waals surface area contributed by atoms with Gasteiger partial charge in [0.05, 0.1) is 38.2 Å². The van der Waals surface area contributed by atoms with E-state index in [0.717, 1.165) is 29.0 Å². The molecular formula is C26H44N7O19P3S. The van der Waals surface area contributed by atoms with Gasteiger partial charge in [-0.15, -0.1) is 0 Å². The van der Waals surface area contributed by atoms with Crippen molar-refractivity contribution in [1.82, 2.24) is 30.2 Å². The van der Waals surface area contributed by atoms with Crippen molar-refractivity contribution in [3.05, 3.63) is 12.7 Å². The van der Waals surface area contributed by atoms with Crippen LogP contribution >= 0.6 is 35.2 Å².